The van der Waals surface area contributed by atoms with Crippen LogP contribution in [0.25, 0.3) is 0 Å². The number of benzene rings is 1. The molecule has 0 saturated heterocycles. The standard InChI is InChI=1S/C25H42N4O2/c1-17(2)18(3)29(24(31)27-25(4,5)6)16-20-15-21(13-14-22(20)28(7)8)26-23(30)19-11-9-10-12-19/h13-15,17-19H,9-12,16H2,1-8H3,(H,26,30)(H,27,31)/t18-/m1/s1. The van der Waals surface area contributed by atoms with E-state index >= 15 is 0 Å². The van der Waals surface area contributed by atoms with E-state index in [4.69, 9.17) is 0 Å². The van der Waals surface area contributed by atoms with Gasteiger partial charge >= 0.3 is 6.03 Å². The molecule has 0 aromatic heterocycles. The molecule has 6 nitrogen and oxygen atoms in total. The van der Waals surface area contributed by atoms with Gasteiger partial charge in [-0.15, -0.1) is 0 Å². The molecule has 174 valence electrons. The maximum atomic E-state index is 13.2. The van der Waals surface area contributed by atoms with Crippen LogP contribution in [0.2, 0.25) is 0 Å². The molecular weight excluding hydrogens is 388 g/mol. The molecule has 0 spiro atoms. The number of rotatable bonds is 7. The third-order valence-electron chi connectivity index (χ3n) is 6.09. The summed E-state index contributed by atoms with van der Waals surface area (Å²) in [5.74, 6) is 0.546. The molecule has 0 aliphatic heterocycles. The number of urea groups is 1. The van der Waals surface area contributed by atoms with Gasteiger partial charge in [0.05, 0.1) is 0 Å². The smallest absolute Gasteiger partial charge is 0.318 e. The average molecular weight is 431 g/mol. The van der Waals surface area contributed by atoms with Crippen molar-refractivity contribution < 1.29 is 9.59 Å². The summed E-state index contributed by atoms with van der Waals surface area (Å²) in [5, 5.41) is 6.22. The van der Waals surface area contributed by atoms with E-state index in [1.165, 1.54) is 0 Å². The molecule has 2 N–H and O–H groups in total. The summed E-state index contributed by atoms with van der Waals surface area (Å²) in [6, 6.07) is 6.00. The van der Waals surface area contributed by atoms with Gasteiger partial charge in [-0.05, 0) is 70.2 Å². The number of nitrogens with one attached hydrogen (secondary N) is 2. The number of nitrogens with zero attached hydrogens (tertiary/aromatic N) is 2. The lowest BCUT2D eigenvalue weighted by Crippen LogP contribution is -2.52. The minimum Gasteiger partial charge on any atom is -0.377 e. The zero-order valence-electron chi connectivity index (χ0n) is 20.7. The molecule has 0 unspecified atom stereocenters. The molecule has 2 rings (SSSR count). The quantitative estimate of drug-likeness (QED) is 0.622. The summed E-state index contributed by atoms with van der Waals surface area (Å²) in [6.07, 6.45) is 4.21. The van der Waals surface area contributed by atoms with Gasteiger partial charge in [-0.1, -0.05) is 26.7 Å². The second-order valence-electron chi connectivity index (χ2n) is 10.5. The van der Waals surface area contributed by atoms with E-state index in [1.54, 1.807) is 0 Å². The van der Waals surface area contributed by atoms with Crippen molar-refractivity contribution in [2.45, 2.75) is 85.4 Å². The van der Waals surface area contributed by atoms with Crippen molar-refractivity contribution >= 4 is 23.3 Å². The fraction of sp³-hybridized carbons (Fsp3) is 0.680. The Morgan fingerprint density at radius 3 is 2.23 bits per heavy atom. The lowest BCUT2D eigenvalue weighted by atomic mass is 10.0. The molecule has 0 radical (unpaired) electrons. The predicted molar refractivity (Wildman–Crippen MR) is 129 cm³/mol. The summed E-state index contributed by atoms with van der Waals surface area (Å²) in [4.78, 5) is 29.7. The summed E-state index contributed by atoms with van der Waals surface area (Å²) < 4.78 is 0. The van der Waals surface area contributed by atoms with Gasteiger partial charge in [-0.25, -0.2) is 4.79 Å². The summed E-state index contributed by atoms with van der Waals surface area (Å²) in [6.45, 7) is 12.8. The van der Waals surface area contributed by atoms with Crippen molar-refractivity contribution in [1.29, 1.82) is 0 Å². The van der Waals surface area contributed by atoms with Gasteiger partial charge < -0.3 is 20.4 Å². The molecule has 0 heterocycles. The first-order valence-electron chi connectivity index (χ1n) is 11.6. The Bertz CT molecular complexity index is 761. The maximum Gasteiger partial charge on any atom is 0.318 e. The monoisotopic (exact) mass is 430 g/mol. The topological polar surface area (TPSA) is 64.7 Å². The highest BCUT2D eigenvalue weighted by Crippen LogP contribution is 2.29. The third-order valence-corrected chi connectivity index (χ3v) is 6.09. The van der Waals surface area contributed by atoms with Crippen molar-refractivity contribution in [3.8, 4) is 0 Å². The molecule has 1 aliphatic rings. The van der Waals surface area contributed by atoms with Gasteiger partial charge in [0.2, 0.25) is 5.91 Å². The largest absolute Gasteiger partial charge is 0.377 e. The molecular formula is C25H42N4O2. The normalized spacial score (nSPS) is 15.6. The van der Waals surface area contributed by atoms with Gasteiger partial charge in [0.25, 0.3) is 0 Å². The Morgan fingerprint density at radius 2 is 1.71 bits per heavy atom. The minimum atomic E-state index is -0.312. The van der Waals surface area contributed by atoms with Crippen molar-refractivity contribution in [1.82, 2.24) is 10.2 Å². The van der Waals surface area contributed by atoms with Crippen LogP contribution in [-0.4, -0.2) is 42.5 Å². The molecule has 3 amide bonds. The van der Waals surface area contributed by atoms with Crippen molar-refractivity contribution in [3.63, 3.8) is 0 Å². The van der Waals surface area contributed by atoms with E-state index in [0.29, 0.717) is 12.5 Å². The SMILES string of the molecule is CC(C)[C@@H](C)N(Cc1cc(NC(=O)C2CCCC2)ccc1N(C)C)C(=O)NC(C)(C)C. The first kappa shape index (κ1) is 25.0. The highest BCUT2D eigenvalue weighted by Gasteiger charge is 2.27. The zero-order valence-corrected chi connectivity index (χ0v) is 20.7. The number of anilines is 2. The molecule has 1 fully saturated rings. The van der Waals surface area contributed by atoms with Gasteiger partial charge in [-0.2, -0.15) is 0 Å². The van der Waals surface area contributed by atoms with Gasteiger partial charge in [-0.3, -0.25) is 4.79 Å². The van der Waals surface area contributed by atoms with E-state index in [-0.39, 0.29) is 29.4 Å². The Balaban J connectivity index is 2.32. The highest BCUT2D eigenvalue weighted by molar-refractivity contribution is 5.93. The van der Waals surface area contributed by atoms with Crippen LogP contribution in [0.4, 0.5) is 16.2 Å². The number of carbonyl (C=O) groups excluding carboxylic acids is 2. The van der Waals surface area contributed by atoms with Crippen LogP contribution in [0, 0.1) is 11.8 Å². The Morgan fingerprint density at radius 1 is 1.10 bits per heavy atom. The summed E-state index contributed by atoms with van der Waals surface area (Å²) in [5.41, 5.74) is 2.55. The molecule has 1 aromatic carbocycles. The molecule has 1 aliphatic carbocycles. The Labute approximate surface area is 188 Å². The van der Waals surface area contributed by atoms with Crippen LogP contribution in [0.3, 0.4) is 0 Å². The van der Waals surface area contributed by atoms with Crippen LogP contribution in [-0.2, 0) is 11.3 Å². The van der Waals surface area contributed by atoms with E-state index in [0.717, 1.165) is 42.6 Å². The second kappa shape index (κ2) is 10.4. The van der Waals surface area contributed by atoms with Crippen molar-refractivity contribution in [2.24, 2.45) is 11.8 Å². The fourth-order valence-electron chi connectivity index (χ4n) is 4.00. The van der Waals surface area contributed by atoms with Gasteiger partial charge in [0.15, 0.2) is 0 Å². The van der Waals surface area contributed by atoms with Crippen molar-refractivity contribution in [3.05, 3.63) is 23.8 Å². The summed E-state index contributed by atoms with van der Waals surface area (Å²) in [7, 11) is 4.00. The highest BCUT2D eigenvalue weighted by atomic mass is 16.2. The van der Waals surface area contributed by atoms with Crippen LogP contribution < -0.4 is 15.5 Å². The fourth-order valence-corrected chi connectivity index (χ4v) is 4.00. The molecule has 1 aromatic rings. The van der Waals surface area contributed by atoms with Crippen LogP contribution >= 0.6 is 0 Å². The zero-order chi connectivity index (χ0) is 23.3. The van der Waals surface area contributed by atoms with Crippen LogP contribution in [0.5, 0.6) is 0 Å². The third kappa shape index (κ3) is 7.15. The van der Waals surface area contributed by atoms with Gasteiger partial charge in [0.1, 0.15) is 0 Å². The predicted octanol–water partition coefficient (Wildman–Crippen LogP) is 5.24. The first-order chi connectivity index (χ1) is 14.4. The maximum absolute atomic E-state index is 13.2. The van der Waals surface area contributed by atoms with Gasteiger partial charge in [0, 0.05) is 49.5 Å². The number of amides is 3. The molecule has 1 atom stereocenters. The second-order valence-corrected chi connectivity index (χ2v) is 10.5. The number of hydrogen-bond donors (Lipinski definition) is 2. The molecule has 31 heavy (non-hydrogen) atoms. The van der Waals surface area contributed by atoms with E-state index < -0.39 is 0 Å². The van der Waals surface area contributed by atoms with E-state index in [2.05, 4.69) is 36.3 Å². The Kier molecular flexibility index (Phi) is 8.38. The van der Waals surface area contributed by atoms with E-state index in [1.807, 2.05) is 58.0 Å². The van der Waals surface area contributed by atoms with E-state index in [9.17, 15) is 9.59 Å². The Hall–Kier alpha value is -2.24. The minimum absolute atomic E-state index is 0.0640. The molecule has 1 saturated carbocycles. The first-order valence-corrected chi connectivity index (χ1v) is 11.6. The van der Waals surface area contributed by atoms with Crippen LogP contribution in [0.15, 0.2) is 18.2 Å². The molecule has 6 heteroatoms. The average Bonchev–Trinajstić information content (AvgIpc) is 3.18. The van der Waals surface area contributed by atoms with Crippen molar-refractivity contribution in [2.75, 3.05) is 24.3 Å². The van der Waals surface area contributed by atoms with Crippen LogP contribution in [0.1, 0.15) is 72.8 Å². The lowest BCUT2D eigenvalue weighted by Gasteiger charge is -2.35. The molecule has 0 bridgehead atoms. The number of carbonyl (C=O) groups is 2. The number of hydrogen-bond acceptors (Lipinski definition) is 3. The summed E-state index contributed by atoms with van der Waals surface area (Å²) >= 11 is 0. The lowest BCUT2D eigenvalue weighted by molar-refractivity contribution is -0.119.